The van der Waals surface area contributed by atoms with Crippen LogP contribution in [0.3, 0.4) is 0 Å². The number of benzene rings is 1. The van der Waals surface area contributed by atoms with Crippen molar-refractivity contribution in [1.82, 2.24) is 4.90 Å². The summed E-state index contributed by atoms with van der Waals surface area (Å²) in [5, 5.41) is 0. The molecule has 3 heteroatoms. The zero-order chi connectivity index (χ0) is 14.0. The first kappa shape index (κ1) is 14.0. The van der Waals surface area contributed by atoms with Crippen LogP contribution >= 0.6 is 0 Å². The Balaban J connectivity index is 2.11. The van der Waals surface area contributed by atoms with Crippen molar-refractivity contribution in [3.63, 3.8) is 0 Å². The third-order valence-corrected chi connectivity index (χ3v) is 3.58. The van der Waals surface area contributed by atoms with Gasteiger partial charge in [-0.25, -0.2) is 4.39 Å². The molecule has 0 spiro atoms. The third-order valence-electron chi connectivity index (χ3n) is 3.58. The molecule has 1 amide bonds. The van der Waals surface area contributed by atoms with Crippen molar-refractivity contribution in [3.05, 3.63) is 35.6 Å². The molecule has 2 nitrogen and oxygen atoms in total. The van der Waals surface area contributed by atoms with Crippen molar-refractivity contribution in [2.45, 2.75) is 46.1 Å². The summed E-state index contributed by atoms with van der Waals surface area (Å²) in [6.45, 7) is 7.42. The second-order valence-corrected chi connectivity index (χ2v) is 6.57. The Hall–Kier alpha value is -1.38. The Morgan fingerprint density at radius 1 is 1.32 bits per heavy atom. The highest BCUT2D eigenvalue weighted by Gasteiger charge is 2.32. The molecular weight excluding hydrogens is 241 g/mol. The van der Waals surface area contributed by atoms with Gasteiger partial charge in [0.1, 0.15) is 5.82 Å². The average Bonchev–Trinajstić information content (AvgIpc) is 2.75. The molecule has 1 atom stereocenters. The molecule has 1 saturated heterocycles. The Kier molecular flexibility index (Phi) is 3.93. The van der Waals surface area contributed by atoms with Crippen LogP contribution in [-0.4, -0.2) is 23.4 Å². The Labute approximate surface area is 114 Å². The quantitative estimate of drug-likeness (QED) is 0.793. The fraction of sp³-hybridized carbons (Fsp3) is 0.562. The molecular formula is C16H22FNO. The van der Waals surface area contributed by atoms with E-state index in [-0.39, 0.29) is 17.1 Å². The van der Waals surface area contributed by atoms with E-state index >= 15 is 0 Å². The van der Waals surface area contributed by atoms with Crippen LogP contribution in [0, 0.1) is 11.2 Å². The molecule has 0 saturated carbocycles. The van der Waals surface area contributed by atoms with Gasteiger partial charge in [0.05, 0.1) is 0 Å². The number of hydrogen-bond donors (Lipinski definition) is 0. The highest BCUT2D eigenvalue weighted by Crippen LogP contribution is 2.30. The Morgan fingerprint density at radius 3 is 2.53 bits per heavy atom. The summed E-state index contributed by atoms with van der Waals surface area (Å²) in [4.78, 5) is 14.4. The van der Waals surface area contributed by atoms with Gasteiger partial charge in [0.2, 0.25) is 0 Å². The summed E-state index contributed by atoms with van der Waals surface area (Å²) in [5.41, 5.74) is 0.804. The normalized spacial score (nSPS) is 19.8. The van der Waals surface area contributed by atoms with E-state index in [1.807, 2.05) is 4.90 Å². The van der Waals surface area contributed by atoms with Gasteiger partial charge in [-0.05, 0) is 48.9 Å². The number of nitrogens with zero attached hydrogens (tertiary/aromatic N) is 1. The van der Waals surface area contributed by atoms with Crippen molar-refractivity contribution >= 4 is 5.91 Å². The van der Waals surface area contributed by atoms with Gasteiger partial charge in [-0.15, -0.1) is 0 Å². The number of carbonyl (C=O) groups excluding carboxylic acids is 1. The number of likely N-dealkylation sites (tertiary alicyclic amines) is 1. The second kappa shape index (κ2) is 5.32. The summed E-state index contributed by atoms with van der Waals surface area (Å²) < 4.78 is 12.9. The standard InChI is InChI=1S/C16H22FNO/c1-16(2,3)11-14-5-4-10-18(14)15(19)12-6-8-13(17)9-7-12/h6-9,14H,4-5,10-11H2,1-3H3. The van der Waals surface area contributed by atoms with Crippen LogP contribution in [0.4, 0.5) is 4.39 Å². The van der Waals surface area contributed by atoms with Gasteiger partial charge in [0.15, 0.2) is 0 Å². The maximum absolute atomic E-state index is 12.9. The minimum absolute atomic E-state index is 0.0340. The van der Waals surface area contributed by atoms with E-state index in [1.165, 1.54) is 12.1 Å². The molecule has 0 bridgehead atoms. The van der Waals surface area contributed by atoms with E-state index in [0.717, 1.165) is 25.8 Å². The second-order valence-electron chi connectivity index (χ2n) is 6.57. The molecule has 0 aliphatic carbocycles. The van der Waals surface area contributed by atoms with E-state index in [1.54, 1.807) is 12.1 Å². The first-order chi connectivity index (χ1) is 8.87. The number of hydrogen-bond acceptors (Lipinski definition) is 1. The Morgan fingerprint density at radius 2 is 1.95 bits per heavy atom. The van der Waals surface area contributed by atoms with Gasteiger partial charge < -0.3 is 4.90 Å². The minimum Gasteiger partial charge on any atom is -0.336 e. The SMILES string of the molecule is CC(C)(C)CC1CCCN1C(=O)c1ccc(F)cc1. The van der Waals surface area contributed by atoms with Gasteiger partial charge in [-0.2, -0.15) is 0 Å². The number of halogens is 1. The molecule has 1 unspecified atom stereocenters. The topological polar surface area (TPSA) is 20.3 Å². The molecule has 1 aromatic carbocycles. The lowest BCUT2D eigenvalue weighted by Crippen LogP contribution is -2.37. The van der Waals surface area contributed by atoms with Crippen molar-refractivity contribution in [3.8, 4) is 0 Å². The fourth-order valence-electron chi connectivity index (χ4n) is 2.78. The monoisotopic (exact) mass is 263 g/mol. The predicted octanol–water partition coefficient (Wildman–Crippen LogP) is 3.87. The summed E-state index contributed by atoms with van der Waals surface area (Å²) in [5.74, 6) is -0.268. The van der Waals surface area contributed by atoms with E-state index in [2.05, 4.69) is 20.8 Å². The zero-order valence-electron chi connectivity index (χ0n) is 11.9. The van der Waals surface area contributed by atoms with E-state index in [0.29, 0.717) is 11.6 Å². The van der Waals surface area contributed by atoms with Crippen molar-refractivity contribution in [2.75, 3.05) is 6.54 Å². The van der Waals surface area contributed by atoms with Crippen LogP contribution in [0.2, 0.25) is 0 Å². The molecule has 0 aromatic heterocycles. The van der Waals surface area contributed by atoms with Gasteiger partial charge in [-0.3, -0.25) is 4.79 Å². The molecule has 1 fully saturated rings. The average molecular weight is 263 g/mol. The van der Waals surface area contributed by atoms with Crippen LogP contribution in [0.5, 0.6) is 0 Å². The molecule has 1 aliphatic rings. The van der Waals surface area contributed by atoms with Crippen LogP contribution in [0.25, 0.3) is 0 Å². The molecule has 1 aliphatic heterocycles. The van der Waals surface area contributed by atoms with Crippen LogP contribution in [0.15, 0.2) is 24.3 Å². The number of rotatable bonds is 2. The molecule has 104 valence electrons. The Bertz CT molecular complexity index is 447. The maximum Gasteiger partial charge on any atom is 0.254 e. The summed E-state index contributed by atoms with van der Waals surface area (Å²) in [6, 6.07) is 6.16. The van der Waals surface area contributed by atoms with E-state index in [4.69, 9.17) is 0 Å². The van der Waals surface area contributed by atoms with Gasteiger partial charge >= 0.3 is 0 Å². The number of carbonyl (C=O) groups is 1. The van der Waals surface area contributed by atoms with Gasteiger partial charge in [-0.1, -0.05) is 20.8 Å². The lowest BCUT2D eigenvalue weighted by atomic mass is 9.87. The summed E-state index contributed by atoms with van der Waals surface area (Å²) in [7, 11) is 0. The van der Waals surface area contributed by atoms with Crippen molar-refractivity contribution in [1.29, 1.82) is 0 Å². The molecule has 0 radical (unpaired) electrons. The van der Waals surface area contributed by atoms with E-state index < -0.39 is 0 Å². The molecule has 1 aromatic rings. The minimum atomic E-state index is -0.302. The zero-order valence-corrected chi connectivity index (χ0v) is 11.9. The first-order valence-corrected chi connectivity index (χ1v) is 6.93. The first-order valence-electron chi connectivity index (χ1n) is 6.93. The maximum atomic E-state index is 12.9. The van der Waals surface area contributed by atoms with Crippen molar-refractivity contribution < 1.29 is 9.18 Å². The highest BCUT2D eigenvalue weighted by atomic mass is 19.1. The smallest absolute Gasteiger partial charge is 0.254 e. The molecule has 2 rings (SSSR count). The third kappa shape index (κ3) is 3.55. The highest BCUT2D eigenvalue weighted by molar-refractivity contribution is 5.94. The van der Waals surface area contributed by atoms with Crippen molar-refractivity contribution in [2.24, 2.45) is 5.41 Å². The predicted molar refractivity (Wildman–Crippen MR) is 74.5 cm³/mol. The molecule has 19 heavy (non-hydrogen) atoms. The fourth-order valence-corrected chi connectivity index (χ4v) is 2.78. The van der Waals surface area contributed by atoms with Gasteiger partial charge in [0, 0.05) is 18.2 Å². The summed E-state index contributed by atoms with van der Waals surface area (Å²) in [6.07, 6.45) is 3.15. The van der Waals surface area contributed by atoms with Crippen LogP contribution in [0.1, 0.15) is 50.4 Å². The lowest BCUT2D eigenvalue weighted by Gasteiger charge is -2.30. The number of amides is 1. The molecule has 0 N–H and O–H groups in total. The van der Waals surface area contributed by atoms with Gasteiger partial charge in [0.25, 0.3) is 5.91 Å². The van der Waals surface area contributed by atoms with Crippen LogP contribution < -0.4 is 0 Å². The largest absolute Gasteiger partial charge is 0.336 e. The summed E-state index contributed by atoms with van der Waals surface area (Å²) >= 11 is 0. The van der Waals surface area contributed by atoms with E-state index in [9.17, 15) is 9.18 Å². The molecule has 1 heterocycles. The lowest BCUT2D eigenvalue weighted by molar-refractivity contribution is 0.0704. The van der Waals surface area contributed by atoms with Crippen LogP contribution in [-0.2, 0) is 0 Å².